The molecule has 2 amide bonds. The molecule has 5 nitrogen and oxygen atoms in total. The summed E-state index contributed by atoms with van der Waals surface area (Å²) in [4.78, 5) is 17.9. The summed E-state index contributed by atoms with van der Waals surface area (Å²) >= 11 is 1.48. The van der Waals surface area contributed by atoms with E-state index in [0.717, 1.165) is 34.9 Å². The van der Waals surface area contributed by atoms with Crippen LogP contribution in [0.1, 0.15) is 48.4 Å². The lowest BCUT2D eigenvalue weighted by Gasteiger charge is -2.08. The number of urea groups is 1. The molecule has 2 aromatic rings. The van der Waals surface area contributed by atoms with E-state index in [1.165, 1.54) is 35.3 Å². The van der Waals surface area contributed by atoms with Gasteiger partial charge in [0.1, 0.15) is 5.75 Å². The summed E-state index contributed by atoms with van der Waals surface area (Å²) in [5.74, 6) is 0.926. The number of hydrogen-bond acceptors (Lipinski definition) is 4. The lowest BCUT2D eigenvalue weighted by atomic mass is 10.1. The van der Waals surface area contributed by atoms with Crippen molar-refractivity contribution in [3.05, 3.63) is 63.8 Å². The molecule has 0 spiro atoms. The fraction of sp³-hybridized carbons (Fsp3) is 0.391. The van der Waals surface area contributed by atoms with Gasteiger partial charge in [-0.05, 0) is 68.9 Å². The van der Waals surface area contributed by atoms with Crippen molar-refractivity contribution < 1.29 is 9.53 Å². The summed E-state index contributed by atoms with van der Waals surface area (Å²) < 4.78 is 5.94. The third kappa shape index (κ3) is 5.94. The third-order valence-electron chi connectivity index (χ3n) is 4.82. The smallest absolute Gasteiger partial charge is 0.325 e. The molecule has 1 heterocycles. The summed E-state index contributed by atoms with van der Waals surface area (Å²) in [6.07, 6.45) is 10.9. The van der Waals surface area contributed by atoms with E-state index in [0.29, 0.717) is 18.2 Å². The monoisotopic (exact) mass is 411 g/mol. The number of nitrogens with one attached hydrogen (secondary N) is 2. The van der Waals surface area contributed by atoms with E-state index in [-0.39, 0.29) is 6.03 Å². The summed E-state index contributed by atoms with van der Waals surface area (Å²) in [5, 5.41) is 6.28. The molecule has 1 aliphatic carbocycles. The molecule has 29 heavy (non-hydrogen) atoms. The standard InChI is InChI=1S/C23H29N3O2S/c1-4-7-19(8-5-2)24-22(27)26-23-25-21(16(3)29-23)13-14-28-20-12-11-17-9-6-10-18(17)15-20/h4,7-8,11-12,15H,5-6,9-10,13-14H2,1-3H3,(H2,24,25,26,27)/b7-4-,19-8+. The lowest BCUT2D eigenvalue weighted by Crippen LogP contribution is -2.27. The average molecular weight is 412 g/mol. The predicted octanol–water partition coefficient (Wildman–Crippen LogP) is 5.55. The fourth-order valence-corrected chi connectivity index (χ4v) is 4.29. The molecule has 0 unspecified atom stereocenters. The summed E-state index contributed by atoms with van der Waals surface area (Å²) in [5.41, 5.74) is 4.61. The van der Waals surface area contributed by atoms with Gasteiger partial charge in [0.05, 0.1) is 12.3 Å². The maximum Gasteiger partial charge on any atom is 0.325 e. The minimum absolute atomic E-state index is 0.280. The number of ether oxygens (including phenoxy) is 1. The van der Waals surface area contributed by atoms with E-state index >= 15 is 0 Å². The number of nitrogens with zero attached hydrogens (tertiary/aromatic N) is 1. The van der Waals surface area contributed by atoms with Gasteiger partial charge < -0.3 is 10.1 Å². The fourth-order valence-electron chi connectivity index (χ4n) is 3.44. The van der Waals surface area contributed by atoms with Gasteiger partial charge in [0.25, 0.3) is 0 Å². The lowest BCUT2D eigenvalue weighted by molar-refractivity contribution is 0.254. The molecular weight excluding hydrogens is 382 g/mol. The van der Waals surface area contributed by atoms with Crippen molar-refractivity contribution in [2.75, 3.05) is 11.9 Å². The van der Waals surface area contributed by atoms with E-state index in [1.54, 1.807) is 0 Å². The van der Waals surface area contributed by atoms with Crippen LogP contribution in [0.15, 0.2) is 42.1 Å². The van der Waals surface area contributed by atoms with Crippen LogP contribution in [0.3, 0.4) is 0 Å². The van der Waals surface area contributed by atoms with Gasteiger partial charge in [-0.25, -0.2) is 9.78 Å². The topological polar surface area (TPSA) is 63.2 Å². The number of allylic oxidation sites excluding steroid dienone is 3. The first-order chi connectivity index (χ1) is 14.1. The zero-order valence-corrected chi connectivity index (χ0v) is 18.2. The molecule has 154 valence electrons. The van der Waals surface area contributed by atoms with Crippen LogP contribution < -0.4 is 15.4 Å². The summed E-state index contributed by atoms with van der Waals surface area (Å²) in [6, 6.07) is 6.13. The second-order valence-electron chi connectivity index (χ2n) is 7.05. The molecule has 2 N–H and O–H groups in total. The molecule has 0 saturated carbocycles. The Balaban J connectivity index is 1.52. The average Bonchev–Trinajstić information content (AvgIpc) is 3.28. The van der Waals surface area contributed by atoms with Crippen LogP contribution in [0.5, 0.6) is 5.75 Å². The molecule has 3 rings (SSSR count). The number of hydrogen-bond donors (Lipinski definition) is 2. The van der Waals surface area contributed by atoms with Crippen molar-refractivity contribution in [2.45, 2.75) is 52.9 Å². The van der Waals surface area contributed by atoms with Crippen LogP contribution in [0.2, 0.25) is 0 Å². The Morgan fingerprint density at radius 1 is 1.31 bits per heavy atom. The maximum atomic E-state index is 12.2. The zero-order chi connectivity index (χ0) is 20.6. The van der Waals surface area contributed by atoms with Crippen LogP contribution in [0, 0.1) is 6.92 Å². The number of amides is 2. The van der Waals surface area contributed by atoms with E-state index in [4.69, 9.17) is 4.74 Å². The second kappa shape index (κ2) is 10.3. The van der Waals surface area contributed by atoms with Crippen molar-refractivity contribution in [3.63, 3.8) is 0 Å². The molecule has 6 heteroatoms. The second-order valence-corrected chi connectivity index (χ2v) is 8.25. The van der Waals surface area contributed by atoms with Gasteiger partial charge in [0.2, 0.25) is 0 Å². The Labute approximate surface area is 176 Å². The number of benzene rings is 1. The Hall–Kier alpha value is -2.60. The minimum Gasteiger partial charge on any atom is -0.493 e. The number of rotatable bonds is 8. The van der Waals surface area contributed by atoms with E-state index in [1.807, 2.05) is 39.0 Å². The Bertz CT molecular complexity index is 915. The number of fused-ring (bicyclic) bond motifs is 1. The van der Waals surface area contributed by atoms with Crippen LogP contribution in [0.25, 0.3) is 0 Å². The van der Waals surface area contributed by atoms with E-state index in [9.17, 15) is 4.79 Å². The number of carbonyl (C=O) groups excluding carboxylic acids is 1. The molecule has 0 aliphatic heterocycles. The molecule has 0 saturated heterocycles. The first-order valence-electron chi connectivity index (χ1n) is 10.2. The first-order valence-corrected chi connectivity index (χ1v) is 11.0. The summed E-state index contributed by atoms with van der Waals surface area (Å²) in [7, 11) is 0. The molecule has 1 aromatic heterocycles. The largest absolute Gasteiger partial charge is 0.493 e. The summed E-state index contributed by atoms with van der Waals surface area (Å²) in [6.45, 7) is 6.54. The van der Waals surface area contributed by atoms with Gasteiger partial charge >= 0.3 is 6.03 Å². The number of aryl methyl sites for hydroxylation is 3. The van der Waals surface area contributed by atoms with Crippen molar-refractivity contribution in [2.24, 2.45) is 0 Å². The minimum atomic E-state index is -0.280. The van der Waals surface area contributed by atoms with Gasteiger partial charge in [-0.2, -0.15) is 0 Å². The highest BCUT2D eigenvalue weighted by Gasteiger charge is 2.13. The van der Waals surface area contributed by atoms with Gasteiger partial charge in [-0.3, -0.25) is 5.32 Å². The highest BCUT2D eigenvalue weighted by atomic mass is 32.1. The highest BCUT2D eigenvalue weighted by Crippen LogP contribution is 2.26. The molecular formula is C23H29N3O2S. The van der Waals surface area contributed by atoms with Gasteiger partial charge in [-0.1, -0.05) is 25.1 Å². The Kier molecular flexibility index (Phi) is 7.47. The van der Waals surface area contributed by atoms with Crippen molar-refractivity contribution >= 4 is 22.5 Å². The number of thiazole rings is 1. The highest BCUT2D eigenvalue weighted by molar-refractivity contribution is 7.15. The van der Waals surface area contributed by atoms with Crippen LogP contribution >= 0.6 is 11.3 Å². The van der Waals surface area contributed by atoms with Gasteiger partial charge in [0.15, 0.2) is 5.13 Å². The van der Waals surface area contributed by atoms with Crippen molar-refractivity contribution in [3.8, 4) is 5.75 Å². The molecule has 0 fully saturated rings. The first kappa shape index (κ1) is 21.1. The normalized spacial score (nSPS) is 13.6. The predicted molar refractivity (Wildman–Crippen MR) is 120 cm³/mol. The van der Waals surface area contributed by atoms with Crippen molar-refractivity contribution in [1.29, 1.82) is 0 Å². The Morgan fingerprint density at radius 3 is 2.93 bits per heavy atom. The number of carbonyl (C=O) groups is 1. The van der Waals surface area contributed by atoms with Crippen LogP contribution in [0.4, 0.5) is 9.93 Å². The maximum absolute atomic E-state index is 12.2. The molecule has 1 aromatic carbocycles. The van der Waals surface area contributed by atoms with Gasteiger partial charge in [0, 0.05) is 17.0 Å². The molecule has 1 aliphatic rings. The van der Waals surface area contributed by atoms with Crippen molar-refractivity contribution in [1.82, 2.24) is 10.3 Å². The van der Waals surface area contributed by atoms with Crippen LogP contribution in [-0.2, 0) is 19.3 Å². The molecule has 0 atom stereocenters. The Morgan fingerprint density at radius 2 is 2.14 bits per heavy atom. The molecule has 0 bridgehead atoms. The SMILES string of the molecule is C/C=C\C(=C/CC)NC(=O)Nc1nc(CCOc2ccc3c(c2)CCC3)c(C)s1. The van der Waals surface area contributed by atoms with E-state index < -0.39 is 0 Å². The number of anilines is 1. The van der Waals surface area contributed by atoms with Crippen LogP contribution in [-0.4, -0.2) is 17.6 Å². The number of aromatic nitrogens is 1. The van der Waals surface area contributed by atoms with E-state index in [2.05, 4.69) is 33.8 Å². The van der Waals surface area contributed by atoms with Gasteiger partial charge in [-0.15, -0.1) is 11.3 Å². The molecule has 0 radical (unpaired) electrons. The zero-order valence-electron chi connectivity index (χ0n) is 17.4. The quantitative estimate of drug-likeness (QED) is 0.560. The third-order valence-corrected chi connectivity index (χ3v) is 5.75.